The Kier molecular flexibility index (Phi) is 8.53. The lowest BCUT2D eigenvalue weighted by Gasteiger charge is -2.34. The fourth-order valence-corrected chi connectivity index (χ4v) is 2.29. The molecule has 0 radical (unpaired) electrons. The molecule has 3 N–H and O–H groups in total. The molecule has 1 aliphatic rings. The summed E-state index contributed by atoms with van der Waals surface area (Å²) in [6.45, 7) is 1.60. The van der Waals surface area contributed by atoms with Crippen LogP contribution in [0.25, 0.3) is 0 Å². The second kappa shape index (κ2) is 9.00. The Hall–Kier alpha value is -1.04. The normalized spacial score (nSPS) is 17.7. The molecule has 0 bridgehead atoms. The molecule has 1 aliphatic heterocycles. The molecule has 0 saturated carbocycles. The highest BCUT2D eigenvalue weighted by Gasteiger charge is 2.21. The van der Waals surface area contributed by atoms with E-state index in [1.165, 1.54) is 12.1 Å². The molecule has 1 aromatic rings. The average Bonchev–Trinajstić information content (AvgIpc) is 2.39. The molecular formula is C13H20Cl2FN3O. The molecule has 0 aliphatic carbocycles. The summed E-state index contributed by atoms with van der Waals surface area (Å²) in [4.78, 5) is 13.4. The number of hydrogen-bond donors (Lipinski definition) is 2. The quantitative estimate of drug-likeness (QED) is 0.890. The van der Waals surface area contributed by atoms with Crippen molar-refractivity contribution in [2.45, 2.75) is 18.9 Å². The molecule has 1 atom stereocenters. The maximum Gasteiger partial charge on any atom is 0.234 e. The lowest BCUT2D eigenvalue weighted by atomic mass is 10.0. The summed E-state index contributed by atoms with van der Waals surface area (Å²) in [6, 6.07) is 6.63. The van der Waals surface area contributed by atoms with Crippen LogP contribution in [0.1, 0.15) is 12.8 Å². The van der Waals surface area contributed by atoms with Crippen molar-refractivity contribution in [3.05, 3.63) is 30.1 Å². The minimum absolute atomic E-state index is 0. The lowest BCUT2D eigenvalue weighted by Crippen LogP contribution is -2.49. The van der Waals surface area contributed by atoms with Crippen LogP contribution in [0.2, 0.25) is 0 Å². The number of nitrogens with two attached hydrogens (primary N) is 1. The Morgan fingerprint density at radius 3 is 2.85 bits per heavy atom. The average molecular weight is 324 g/mol. The Balaban J connectivity index is 0.00000180. The fourth-order valence-electron chi connectivity index (χ4n) is 2.29. The number of rotatable bonds is 3. The van der Waals surface area contributed by atoms with Gasteiger partial charge in [-0.05, 0) is 31.0 Å². The number of carbonyl (C=O) groups is 1. The molecule has 0 spiro atoms. The third-order valence-electron chi connectivity index (χ3n) is 3.15. The van der Waals surface area contributed by atoms with Crippen LogP contribution in [-0.4, -0.2) is 31.6 Å². The first-order valence-electron chi connectivity index (χ1n) is 6.19. The zero-order valence-corrected chi connectivity index (χ0v) is 12.7. The first-order chi connectivity index (χ1) is 8.69. The van der Waals surface area contributed by atoms with Crippen molar-refractivity contribution in [1.29, 1.82) is 0 Å². The van der Waals surface area contributed by atoms with Gasteiger partial charge < -0.3 is 16.0 Å². The number of nitrogens with one attached hydrogen (secondary N) is 1. The van der Waals surface area contributed by atoms with Gasteiger partial charge in [0, 0.05) is 24.8 Å². The van der Waals surface area contributed by atoms with Gasteiger partial charge in [0.15, 0.2) is 0 Å². The summed E-state index contributed by atoms with van der Waals surface area (Å²) in [7, 11) is 0. The molecule has 1 fully saturated rings. The lowest BCUT2D eigenvalue weighted by molar-refractivity contribution is -0.120. The van der Waals surface area contributed by atoms with Gasteiger partial charge in [0.05, 0.1) is 6.54 Å². The van der Waals surface area contributed by atoms with E-state index in [9.17, 15) is 9.18 Å². The number of halogens is 3. The standard InChI is InChI=1S/C13H18FN3O.2ClH/c14-10-3-1-5-12(7-10)17-6-2-4-11(9-17)16-13(18)8-15;;/h1,3,5,7,11H,2,4,6,8-9,15H2,(H,16,18);2*1H. The van der Waals surface area contributed by atoms with Crippen LogP contribution in [0.4, 0.5) is 10.1 Å². The molecule has 1 amide bonds. The highest BCUT2D eigenvalue weighted by atomic mass is 35.5. The zero-order chi connectivity index (χ0) is 13.0. The molecular weight excluding hydrogens is 304 g/mol. The van der Waals surface area contributed by atoms with E-state index in [0.717, 1.165) is 25.1 Å². The zero-order valence-electron chi connectivity index (χ0n) is 11.0. The summed E-state index contributed by atoms with van der Waals surface area (Å²) in [5, 5.41) is 2.88. The van der Waals surface area contributed by atoms with Crippen LogP contribution in [0.15, 0.2) is 24.3 Å². The van der Waals surface area contributed by atoms with E-state index in [4.69, 9.17) is 5.73 Å². The van der Waals surface area contributed by atoms with Crippen LogP contribution in [-0.2, 0) is 4.79 Å². The Bertz CT molecular complexity index is 434. The van der Waals surface area contributed by atoms with Gasteiger partial charge >= 0.3 is 0 Å². The third kappa shape index (κ3) is 5.15. The number of anilines is 1. The molecule has 20 heavy (non-hydrogen) atoms. The van der Waals surface area contributed by atoms with Crippen molar-refractivity contribution in [3.8, 4) is 0 Å². The first-order valence-corrected chi connectivity index (χ1v) is 6.19. The summed E-state index contributed by atoms with van der Waals surface area (Å²) in [6.07, 6.45) is 1.92. The van der Waals surface area contributed by atoms with Crippen molar-refractivity contribution >= 4 is 36.4 Å². The Morgan fingerprint density at radius 2 is 2.20 bits per heavy atom. The van der Waals surface area contributed by atoms with Crippen molar-refractivity contribution in [2.24, 2.45) is 5.73 Å². The largest absolute Gasteiger partial charge is 0.369 e. The monoisotopic (exact) mass is 323 g/mol. The first kappa shape index (κ1) is 19.0. The van der Waals surface area contributed by atoms with Crippen molar-refractivity contribution in [3.63, 3.8) is 0 Å². The van der Waals surface area contributed by atoms with Gasteiger partial charge in [0.25, 0.3) is 0 Å². The second-order valence-electron chi connectivity index (χ2n) is 4.54. The van der Waals surface area contributed by atoms with Crippen LogP contribution >= 0.6 is 24.8 Å². The topological polar surface area (TPSA) is 58.4 Å². The minimum Gasteiger partial charge on any atom is -0.369 e. The SMILES string of the molecule is Cl.Cl.NCC(=O)NC1CCCN(c2cccc(F)c2)C1. The predicted octanol–water partition coefficient (Wildman–Crippen LogP) is 1.71. The van der Waals surface area contributed by atoms with E-state index in [0.29, 0.717) is 6.54 Å². The number of nitrogens with zero attached hydrogens (tertiary/aromatic N) is 1. The Morgan fingerprint density at radius 1 is 1.45 bits per heavy atom. The van der Waals surface area contributed by atoms with Gasteiger partial charge in [-0.15, -0.1) is 24.8 Å². The molecule has 4 nitrogen and oxygen atoms in total. The van der Waals surface area contributed by atoms with E-state index in [2.05, 4.69) is 10.2 Å². The van der Waals surface area contributed by atoms with Gasteiger partial charge in [0.1, 0.15) is 5.82 Å². The molecule has 0 aromatic heterocycles. The maximum absolute atomic E-state index is 13.2. The number of hydrogen-bond acceptors (Lipinski definition) is 3. The molecule has 1 unspecified atom stereocenters. The van der Waals surface area contributed by atoms with Gasteiger partial charge in [0.2, 0.25) is 5.91 Å². The summed E-state index contributed by atoms with van der Waals surface area (Å²) >= 11 is 0. The number of amides is 1. The molecule has 7 heteroatoms. The van der Waals surface area contributed by atoms with Crippen LogP contribution < -0.4 is 16.0 Å². The minimum atomic E-state index is -0.236. The molecule has 1 heterocycles. The molecule has 1 saturated heterocycles. The number of benzene rings is 1. The van der Waals surface area contributed by atoms with Crippen molar-refractivity contribution in [1.82, 2.24) is 5.32 Å². The van der Waals surface area contributed by atoms with Gasteiger partial charge in [-0.2, -0.15) is 0 Å². The number of piperidine rings is 1. The second-order valence-corrected chi connectivity index (χ2v) is 4.54. The van der Waals surface area contributed by atoms with Crippen LogP contribution in [0.5, 0.6) is 0 Å². The summed E-state index contributed by atoms with van der Waals surface area (Å²) < 4.78 is 13.2. The predicted molar refractivity (Wildman–Crippen MR) is 83.3 cm³/mol. The van der Waals surface area contributed by atoms with E-state index >= 15 is 0 Å². The van der Waals surface area contributed by atoms with Crippen LogP contribution in [0.3, 0.4) is 0 Å². The van der Waals surface area contributed by atoms with E-state index in [1.807, 2.05) is 6.07 Å². The van der Waals surface area contributed by atoms with E-state index in [1.54, 1.807) is 6.07 Å². The smallest absolute Gasteiger partial charge is 0.234 e. The van der Waals surface area contributed by atoms with Gasteiger partial charge in [-0.3, -0.25) is 4.79 Å². The fraction of sp³-hybridized carbons (Fsp3) is 0.462. The highest BCUT2D eigenvalue weighted by molar-refractivity contribution is 5.85. The maximum atomic E-state index is 13.2. The summed E-state index contributed by atoms with van der Waals surface area (Å²) in [5.41, 5.74) is 6.14. The van der Waals surface area contributed by atoms with Gasteiger partial charge in [-0.25, -0.2) is 4.39 Å². The van der Waals surface area contributed by atoms with Crippen molar-refractivity contribution < 1.29 is 9.18 Å². The van der Waals surface area contributed by atoms with Gasteiger partial charge in [-0.1, -0.05) is 6.07 Å². The third-order valence-corrected chi connectivity index (χ3v) is 3.15. The molecule has 1 aromatic carbocycles. The van der Waals surface area contributed by atoms with Crippen LogP contribution in [0, 0.1) is 5.82 Å². The van der Waals surface area contributed by atoms with E-state index < -0.39 is 0 Å². The summed E-state index contributed by atoms with van der Waals surface area (Å²) in [5.74, 6) is -0.373. The highest BCUT2D eigenvalue weighted by Crippen LogP contribution is 2.20. The molecule has 2 rings (SSSR count). The number of carbonyl (C=O) groups excluding carboxylic acids is 1. The van der Waals surface area contributed by atoms with Crippen molar-refractivity contribution in [2.75, 3.05) is 24.5 Å². The van der Waals surface area contributed by atoms with E-state index in [-0.39, 0.29) is 49.1 Å². The molecule has 114 valence electrons. The Labute approximate surface area is 130 Å².